The fraction of sp³-hybridized carbons (Fsp3) is 0.278. The van der Waals surface area contributed by atoms with Gasteiger partial charge in [0.1, 0.15) is 5.75 Å². The molecule has 0 heterocycles. The first-order valence-corrected chi connectivity index (χ1v) is 9.85. The predicted octanol–water partition coefficient (Wildman–Crippen LogP) is 5.23. The molecule has 0 atom stereocenters. The van der Waals surface area contributed by atoms with E-state index in [1.807, 2.05) is 36.0 Å². The number of anilines is 1. The van der Waals surface area contributed by atoms with E-state index in [0.29, 0.717) is 5.11 Å². The van der Waals surface area contributed by atoms with Gasteiger partial charge in [0.05, 0.1) is 7.11 Å². The normalized spacial score (nSPS) is 10.3. The van der Waals surface area contributed by atoms with Crippen molar-refractivity contribution in [2.45, 2.75) is 18.2 Å². The molecule has 0 aliphatic rings. The van der Waals surface area contributed by atoms with Crippen LogP contribution in [0, 0.1) is 6.92 Å². The first-order chi connectivity index (χ1) is 11.6. The molecule has 0 saturated carbocycles. The van der Waals surface area contributed by atoms with E-state index in [0.717, 1.165) is 34.6 Å². The summed E-state index contributed by atoms with van der Waals surface area (Å²) in [4.78, 5) is 1.25. The maximum Gasteiger partial charge on any atom is 0.170 e. The lowest BCUT2D eigenvalue weighted by molar-refractivity contribution is 0.414. The number of methoxy groups -OCH3 is 1. The Labute approximate surface area is 161 Å². The van der Waals surface area contributed by atoms with Crippen LogP contribution < -0.4 is 15.4 Å². The Morgan fingerprint density at radius 3 is 2.62 bits per heavy atom. The van der Waals surface area contributed by atoms with Crippen LogP contribution in [0.25, 0.3) is 0 Å². The van der Waals surface area contributed by atoms with Crippen LogP contribution in [-0.4, -0.2) is 24.5 Å². The molecular weight excluding hydrogens is 404 g/mol. The number of nitrogens with one attached hydrogen (secondary N) is 2. The zero-order valence-electron chi connectivity index (χ0n) is 13.8. The van der Waals surface area contributed by atoms with Gasteiger partial charge in [0.2, 0.25) is 0 Å². The van der Waals surface area contributed by atoms with Gasteiger partial charge in [0.15, 0.2) is 5.11 Å². The number of hydrogen-bond acceptors (Lipinski definition) is 3. The molecule has 0 radical (unpaired) electrons. The predicted molar refractivity (Wildman–Crippen MR) is 111 cm³/mol. The van der Waals surface area contributed by atoms with E-state index in [1.165, 1.54) is 10.5 Å². The Morgan fingerprint density at radius 2 is 1.96 bits per heavy atom. The van der Waals surface area contributed by atoms with E-state index in [2.05, 4.69) is 51.7 Å². The van der Waals surface area contributed by atoms with Gasteiger partial charge in [0, 0.05) is 21.6 Å². The highest BCUT2D eigenvalue weighted by atomic mass is 79.9. The summed E-state index contributed by atoms with van der Waals surface area (Å²) in [7, 11) is 1.68. The number of benzene rings is 2. The molecule has 0 aromatic heterocycles. The Balaban J connectivity index is 1.64. The lowest BCUT2D eigenvalue weighted by atomic mass is 10.2. The molecule has 0 spiro atoms. The summed E-state index contributed by atoms with van der Waals surface area (Å²) in [6.45, 7) is 2.91. The molecule has 6 heteroatoms. The van der Waals surface area contributed by atoms with E-state index >= 15 is 0 Å². The molecule has 0 aliphatic heterocycles. The monoisotopic (exact) mass is 424 g/mol. The maximum absolute atomic E-state index is 5.33. The molecule has 2 N–H and O–H groups in total. The molecular formula is C18H21BrN2OS2. The molecule has 0 bridgehead atoms. The fourth-order valence-corrected chi connectivity index (χ4v) is 3.35. The minimum atomic E-state index is 0.658. The Bertz CT molecular complexity index is 677. The van der Waals surface area contributed by atoms with Gasteiger partial charge < -0.3 is 15.4 Å². The van der Waals surface area contributed by atoms with Crippen molar-refractivity contribution in [2.24, 2.45) is 0 Å². The van der Waals surface area contributed by atoms with E-state index in [4.69, 9.17) is 17.0 Å². The van der Waals surface area contributed by atoms with E-state index in [9.17, 15) is 0 Å². The zero-order valence-corrected chi connectivity index (χ0v) is 17.0. The second-order valence-electron chi connectivity index (χ2n) is 5.22. The standard InChI is InChI=1S/C18H21BrN2OS2/c1-13-12-14(4-9-17(13)19)21-18(23)20-10-3-11-24-16-7-5-15(22-2)6-8-16/h4-9,12H,3,10-11H2,1-2H3,(H2,20,21,23). The van der Waals surface area contributed by atoms with Gasteiger partial charge in [-0.3, -0.25) is 0 Å². The van der Waals surface area contributed by atoms with Crippen LogP contribution in [0.3, 0.4) is 0 Å². The van der Waals surface area contributed by atoms with E-state index in [-0.39, 0.29) is 0 Å². The first-order valence-electron chi connectivity index (χ1n) is 7.66. The molecule has 3 nitrogen and oxygen atoms in total. The third-order valence-corrected chi connectivity index (χ3v) is 5.59. The smallest absolute Gasteiger partial charge is 0.170 e. The largest absolute Gasteiger partial charge is 0.497 e. The average molecular weight is 425 g/mol. The highest BCUT2D eigenvalue weighted by Gasteiger charge is 2.00. The molecule has 0 saturated heterocycles. The number of hydrogen-bond donors (Lipinski definition) is 2. The van der Waals surface area contributed by atoms with Gasteiger partial charge in [-0.05, 0) is 79.3 Å². The minimum absolute atomic E-state index is 0.658. The fourth-order valence-electron chi connectivity index (χ4n) is 2.03. The summed E-state index contributed by atoms with van der Waals surface area (Å²) in [5.74, 6) is 1.93. The second-order valence-corrected chi connectivity index (χ2v) is 7.65. The van der Waals surface area contributed by atoms with Crippen molar-refractivity contribution in [2.75, 3.05) is 24.7 Å². The van der Waals surface area contributed by atoms with Crippen LogP contribution in [0.4, 0.5) is 5.69 Å². The van der Waals surface area contributed by atoms with Gasteiger partial charge in [-0.1, -0.05) is 15.9 Å². The highest BCUT2D eigenvalue weighted by molar-refractivity contribution is 9.10. The van der Waals surface area contributed by atoms with E-state index in [1.54, 1.807) is 7.11 Å². The average Bonchev–Trinajstić information content (AvgIpc) is 2.58. The van der Waals surface area contributed by atoms with Gasteiger partial charge in [-0.15, -0.1) is 11.8 Å². The molecule has 0 aliphatic carbocycles. The Kier molecular flexibility index (Phi) is 7.88. The Morgan fingerprint density at radius 1 is 1.21 bits per heavy atom. The van der Waals surface area contributed by atoms with Crippen LogP contribution in [-0.2, 0) is 0 Å². The number of ether oxygens (including phenoxy) is 1. The van der Waals surface area contributed by atoms with Crippen LogP contribution >= 0.6 is 39.9 Å². The SMILES string of the molecule is COc1ccc(SCCCNC(=S)Nc2ccc(Br)c(C)c2)cc1. The minimum Gasteiger partial charge on any atom is -0.497 e. The van der Waals surface area contributed by atoms with Crippen molar-refractivity contribution in [3.63, 3.8) is 0 Å². The highest BCUT2D eigenvalue weighted by Crippen LogP contribution is 2.22. The number of halogens is 1. The molecule has 128 valence electrons. The first kappa shape index (κ1) is 19.1. The summed E-state index contributed by atoms with van der Waals surface area (Å²) >= 11 is 10.7. The summed E-state index contributed by atoms with van der Waals surface area (Å²) in [5.41, 5.74) is 2.18. The van der Waals surface area contributed by atoms with Crippen molar-refractivity contribution < 1.29 is 4.74 Å². The van der Waals surface area contributed by atoms with Crippen molar-refractivity contribution in [1.29, 1.82) is 0 Å². The van der Waals surface area contributed by atoms with Crippen molar-refractivity contribution in [3.8, 4) is 5.75 Å². The second kappa shape index (κ2) is 9.91. The van der Waals surface area contributed by atoms with Crippen molar-refractivity contribution in [1.82, 2.24) is 5.32 Å². The van der Waals surface area contributed by atoms with Gasteiger partial charge >= 0.3 is 0 Å². The summed E-state index contributed by atoms with van der Waals surface area (Å²) in [5, 5.41) is 7.11. The Hall–Kier alpha value is -1.24. The van der Waals surface area contributed by atoms with Gasteiger partial charge in [0.25, 0.3) is 0 Å². The number of rotatable bonds is 7. The molecule has 2 aromatic carbocycles. The van der Waals surface area contributed by atoms with Crippen LogP contribution in [0.1, 0.15) is 12.0 Å². The lowest BCUT2D eigenvalue weighted by Crippen LogP contribution is -2.29. The molecule has 2 aromatic rings. The van der Waals surface area contributed by atoms with Crippen LogP contribution in [0.15, 0.2) is 51.8 Å². The lowest BCUT2D eigenvalue weighted by Gasteiger charge is -2.11. The molecule has 2 rings (SSSR count). The summed E-state index contributed by atoms with van der Waals surface area (Å²) in [6, 6.07) is 14.2. The number of thiocarbonyl (C=S) groups is 1. The van der Waals surface area contributed by atoms with Crippen LogP contribution in [0.2, 0.25) is 0 Å². The molecule has 0 fully saturated rings. The molecule has 24 heavy (non-hydrogen) atoms. The molecule has 0 amide bonds. The topological polar surface area (TPSA) is 33.3 Å². The number of thioether (sulfide) groups is 1. The van der Waals surface area contributed by atoms with Crippen molar-refractivity contribution >= 4 is 50.7 Å². The summed E-state index contributed by atoms with van der Waals surface area (Å²) < 4.78 is 6.26. The van der Waals surface area contributed by atoms with Crippen molar-refractivity contribution in [3.05, 3.63) is 52.5 Å². The van der Waals surface area contributed by atoms with Gasteiger partial charge in [-0.2, -0.15) is 0 Å². The summed E-state index contributed by atoms with van der Waals surface area (Å²) in [6.07, 6.45) is 1.04. The molecule has 0 unspecified atom stereocenters. The van der Waals surface area contributed by atoms with Crippen LogP contribution in [0.5, 0.6) is 5.75 Å². The zero-order chi connectivity index (χ0) is 17.4. The number of aryl methyl sites for hydroxylation is 1. The van der Waals surface area contributed by atoms with Gasteiger partial charge in [-0.25, -0.2) is 0 Å². The quantitative estimate of drug-likeness (QED) is 0.361. The van der Waals surface area contributed by atoms with E-state index < -0.39 is 0 Å². The third-order valence-electron chi connectivity index (χ3n) is 3.35. The maximum atomic E-state index is 5.33. The third kappa shape index (κ3) is 6.34.